The van der Waals surface area contributed by atoms with Crippen LogP contribution in [-0.2, 0) is 20.0 Å². The normalized spacial score (nSPS) is 17.0. The zero-order valence-electron chi connectivity index (χ0n) is 18.8. The van der Waals surface area contributed by atoms with E-state index in [4.69, 9.17) is 4.98 Å². The average molecular weight is 422 g/mol. The lowest BCUT2D eigenvalue weighted by atomic mass is 10.1. The summed E-state index contributed by atoms with van der Waals surface area (Å²) in [7, 11) is 1.67. The maximum absolute atomic E-state index is 13.4. The van der Waals surface area contributed by atoms with Gasteiger partial charge in [0.05, 0.1) is 6.04 Å². The minimum atomic E-state index is -0.394. The van der Waals surface area contributed by atoms with Crippen LogP contribution < -0.4 is 16.1 Å². The van der Waals surface area contributed by atoms with Crippen LogP contribution in [0.25, 0.3) is 11.2 Å². The number of anilines is 2. The van der Waals surface area contributed by atoms with Gasteiger partial charge in [-0.3, -0.25) is 13.9 Å². The molecule has 4 rings (SSSR count). The smallest absolute Gasteiger partial charge is 0.312 e. The summed E-state index contributed by atoms with van der Waals surface area (Å²) in [4.78, 5) is 33.2. The Kier molecular flexibility index (Phi) is 5.60. The molecule has 3 aromatic rings. The molecule has 3 heterocycles. The molecule has 0 bridgehead atoms. The summed E-state index contributed by atoms with van der Waals surface area (Å²) in [5.41, 5.74) is 2.59. The molecule has 1 aliphatic heterocycles. The van der Waals surface area contributed by atoms with E-state index in [1.807, 2.05) is 4.57 Å². The van der Waals surface area contributed by atoms with Gasteiger partial charge in [-0.15, -0.1) is 6.58 Å². The van der Waals surface area contributed by atoms with Crippen LogP contribution in [0.3, 0.4) is 0 Å². The maximum Gasteiger partial charge on any atom is 0.333 e. The number of benzene rings is 1. The highest BCUT2D eigenvalue weighted by Gasteiger charge is 2.30. The first-order chi connectivity index (χ1) is 14.9. The number of hydrogen-bond donors (Lipinski definition) is 0. The van der Waals surface area contributed by atoms with Gasteiger partial charge in [0.1, 0.15) is 0 Å². The highest BCUT2D eigenvalue weighted by atomic mass is 16.2. The van der Waals surface area contributed by atoms with Crippen LogP contribution >= 0.6 is 0 Å². The third-order valence-corrected chi connectivity index (χ3v) is 6.21. The molecule has 0 amide bonds. The fourth-order valence-electron chi connectivity index (χ4n) is 4.38. The van der Waals surface area contributed by atoms with Crippen molar-refractivity contribution in [1.82, 2.24) is 18.7 Å². The van der Waals surface area contributed by atoms with E-state index in [1.165, 1.54) is 27.5 Å². The van der Waals surface area contributed by atoms with Crippen molar-refractivity contribution in [3.63, 3.8) is 0 Å². The number of fused-ring (bicyclic) bond motifs is 3. The van der Waals surface area contributed by atoms with Crippen molar-refractivity contribution in [1.29, 1.82) is 0 Å². The Morgan fingerprint density at radius 1 is 1.23 bits per heavy atom. The van der Waals surface area contributed by atoms with Crippen LogP contribution in [0, 0.1) is 5.92 Å². The minimum Gasteiger partial charge on any atom is -0.312 e. The molecule has 0 saturated carbocycles. The summed E-state index contributed by atoms with van der Waals surface area (Å²) in [6, 6.07) is 8.21. The number of allylic oxidation sites excluding steroid dienone is 1. The minimum absolute atomic E-state index is 0.312. The van der Waals surface area contributed by atoms with Crippen LogP contribution in [0.1, 0.15) is 45.2 Å². The number of unbranched alkanes of at least 4 members (excludes halogenated alkanes) is 1. The van der Waals surface area contributed by atoms with Crippen LogP contribution in [0.2, 0.25) is 0 Å². The summed E-state index contributed by atoms with van der Waals surface area (Å²) < 4.78 is 4.71. The Bertz CT molecular complexity index is 1230. The quantitative estimate of drug-likeness (QED) is 0.568. The molecule has 31 heavy (non-hydrogen) atoms. The number of aryl methyl sites for hydroxylation is 2. The Morgan fingerprint density at radius 3 is 2.58 bits per heavy atom. The third kappa shape index (κ3) is 3.52. The third-order valence-electron chi connectivity index (χ3n) is 6.21. The van der Waals surface area contributed by atoms with Crippen molar-refractivity contribution in [2.24, 2.45) is 13.0 Å². The number of aromatic nitrogens is 4. The van der Waals surface area contributed by atoms with E-state index in [2.05, 4.69) is 49.6 Å². The number of hydrogen-bond acceptors (Lipinski definition) is 4. The van der Waals surface area contributed by atoms with Crippen molar-refractivity contribution >= 4 is 22.8 Å². The monoisotopic (exact) mass is 421 g/mol. The molecule has 0 spiro atoms. The standard InChI is InChI=1S/C24H31N5O2/c1-6-8-9-18-10-12-19(13-11-18)27-14-16(3)15-28-20-21(25-23(27)28)26(5)24(31)29(22(20)30)17(4)7-2/h7,10-13,16-17H,2,6,8-9,14-15H2,1,3-5H3/t16-,17+/m1/s1. The average Bonchev–Trinajstić information content (AvgIpc) is 3.15. The molecule has 0 unspecified atom stereocenters. The number of nitrogens with zero attached hydrogens (tertiary/aromatic N) is 5. The predicted octanol–water partition coefficient (Wildman–Crippen LogP) is 3.77. The molecule has 7 nitrogen and oxygen atoms in total. The van der Waals surface area contributed by atoms with Crippen LogP contribution in [0.5, 0.6) is 0 Å². The van der Waals surface area contributed by atoms with Crippen molar-refractivity contribution in [3.8, 4) is 0 Å². The molecule has 2 aromatic heterocycles. The largest absolute Gasteiger partial charge is 0.333 e. The van der Waals surface area contributed by atoms with E-state index < -0.39 is 6.04 Å². The SMILES string of the molecule is C=C[C@H](C)n1c(=O)c2c(nc3n2C[C@H](C)CN3c2ccc(CCCC)cc2)n(C)c1=O. The zero-order valence-corrected chi connectivity index (χ0v) is 18.8. The molecule has 0 aliphatic carbocycles. The second-order valence-electron chi connectivity index (χ2n) is 8.67. The molecular formula is C24H31N5O2. The van der Waals surface area contributed by atoms with E-state index in [9.17, 15) is 9.59 Å². The molecule has 1 aromatic carbocycles. The predicted molar refractivity (Wildman–Crippen MR) is 125 cm³/mol. The summed E-state index contributed by atoms with van der Waals surface area (Å²) in [5, 5.41) is 0. The Morgan fingerprint density at radius 2 is 1.94 bits per heavy atom. The van der Waals surface area contributed by atoms with Crippen molar-refractivity contribution in [3.05, 3.63) is 63.3 Å². The van der Waals surface area contributed by atoms with E-state index in [-0.39, 0.29) is 11.2 Å². The van der Waals surface area contributed by atoms with Gasteiger partial charge in [-0.25, -0.2) is 4.79 Å². The van der Waals surface area contributed by atoms with E-state index >= 15 is 0 Å². The Hall–Kier alpha value is -3.09. The molecule has 7 heteroatoms. The summed E-state index contributed by atoms with van der Waals surface area (Å²) in [5.74, 6) is 1.04. The second-order valence-corrected chi connectivity index (χ2v) is 8.67. The fraction of sp³-hybridized carbons (Fsp3) is 0.458. The summed E-state index contributed by atoms with van der Waals surface area (Å²) in [6.07, 6.45) is 5.04. The van der Waals surface area contributed by atoms with Gasteiger partial charge in [-0.1, -0.05) is 38.5 Å². The van der Waals surface area contributed by atoms with Crippen molar-refractivity contribution in [2.75, 3.05) is 11.4 Å². The molecular weight excluding hydrogens is 390 g/mol. The van der Waals surface area contributed by atoms with Gasteiger partial charge in [0.25, 0.3) is 5.56 Å². The van der Waals surface area contributed by atoms with Gasteiger partial charge in [0, 0.05) is 25.8 Å². The van der Waals surface area contributed by atoms with Crippen LogP contribution in [-0.4, -0.2) is 25.2 Å². The molecule has 2 atom stereocenters. The van der Waals surface area contributed by atoms with Crippen LogP contribution in [0.15, 0.2) is 46.5 Å². The number of rotatable bonds is 6. The lowest BCUT2D eigenvalue weighted by Crippen LogP contribution is -2.41. The molecule has 1 aliphatic rings. The second kappa shape index (κ2) is 8.21. The molecule has 0 saturated heterocycles. The maximum atomic E-state index is 13.4. The zero-order chi connectivity index (χ0) is 22.3. The fourth-order valence-corrected chi connectivity index (χ4v) is 4.38. The topological polar surface area (TPSA) is 65.1 Å². The number of imidazole rings is 1. The van der Waals surface area contributed by atoms with Crippen molar-refractivity contribution < 1.29 is 0 Å². The molecule has 0 radical (unpaired) electrons. The van der Waals surface area contributed by atoms with Gasteiger partial charge in [-0.05, 0) is 43.4 Å². The first-order valence-electron chi connectivity index (χ1n) is 11.1. The lowest BCUT2D eigenvalue weighted by Gasteiger charge is -2.33. The summed E-state index contributed by atoms with van der Waals surface area (Å²) in [6.45, 7) is 11.4. The summed E-state index contributed by atoms with van der Waals surface area (Å²) >= 11 is 0. The van der Waals surface area contributed by atoms with E-state index in [1.54, 1.807) is 20.0 Å². The highest BCUT2D eigenvalue weighted by Crippen LogP contribution is 2.33. The van der Waals surface area contributed by atoms with Gasteiger partial charge in [0.2, 0.25) is 5.95 Å². The lowest BCUT2D eigenvalue weighted by molar-refractivity contribution is 0.457. The van der Waals surface area contributed by atoms with Gasteiger partial charge >= 0.3 is 5.69 Å². The molecule has 0 fully saturated rings. The Balaban J connectivity index is 1.88. The van der Waals surface area contributed by atoms with Gasteiger partial charge in [0.15, 0.2) is 11.2 Å². The van der Waals surface area contributed by atoms with Crippen LogP contribution in [0.4, 0.5) is 11.6 Å². The van der Waals surface area contributed by atoms with E-state index in [0.717, 1.165) is 18.7 Å². The first kappa shape index (κ1) is 21.2. The first-order valence-corrected chi connectivity index (χ1v) is 11.1. The molecule has 164 valence electrons. The van der Waals surface area contributed by atoms with E-state index in [0.29, 0.717) is 29.6 Å². The highest BCUT2D eigenvalue weighted by molar-refractivity contribution is 5.77. The van der Waals surface area contributed by atoms with Gasteiger partial charge < -0.3 is 9.47 Å². The molecule has 0 N–H and O–H groups in total. The van der Waals surface area contributed by atoms with Gasteiger partial charge in [-0.2, -0.15) is 4.98 Å². The Labute approximate surface area is 182 Å². The van der Waals surface area contributed by atoms with Crippen molar-refractivity contribution in [2.45, 2.75) is 52.6 Å².